The number of carbonyl (C=O) groups is 1. The fraction of sp³-hybridized carbons (Fsp3) is 0.304. The largest absolute Gasteiger partial charge is 0.497 e. The molecule has 6 nitrogen and oxygen atoms in total. The quantitative estimate of drug-likeness (QED) is 0.484. The lowest BCUT2D eigenvalue weighted by atomic mass is 10.1. The van der Waals surface area contributed by atoms with Gasteiger partial charge >= 0.3 is 0 Å². The molecule has 1 atom stereocenters. The van der Waals surface area contributed by atoms with Gasteiger partial charge in [0.2, 0.25) is 5.91 Å². The summed E-state index contributed by atoms with van der Waals surface area (Å²) in [6.45, 7) is 0.482. The highest BCUT2D eigenvalue weighted by Crippen LogP contribution is 2.31. The van der Waals surface area contributed by atoms with E-state index in [0.717, 1.165) is 11.3 Å². The monoisotopic (exact) mass is 461 g/mol. The number of carbonyl (C=O) groups excluding carboxylic acids is 1. The lowest BCUT2D eigenvalue weighted by Gasteiger charge is -2.25. The molecule has 0 saturated heterocycles. The molecule has 3 rings (SSSR count). The Bertz CT molecular complexity index is 1040. The van der Waals surface area contributed by atoms with Crippen LogP contribution in [0, 0.1) is 0 Å². The Morgan fingerprint density at radius 3 is 2.74 bits per heavy atom. The van der Waals surface area contributed by atoms with Crippen molar-refractivity contribution >= 4 is 29.1 Å². The lowest BCUT2D eigenvalue weighted by molar-refractivity contribution is -0.121. The first-order chi connectivity index (χ1) is 14.9. The van der Waals surface area contributed by atoms with Gasteiger partial charge in [0.25, 0.3) is 0 Å². The molecule has 0 saturated carbocycles. The minimum absolute atomic E-state index is 0.0273. The molecule has 0 aliphatic carbocycles. The number of aryl methyl sites for hydroxylation is 1. The third-order valence-corrected chi connectivity index (χ3v) is 5.46. The molecule has 0 aliphatic rings. The number of hydrogen-bond acceptors (Lipinski definition) is 5. The molecule has 0 radical (unpaired) electrons. The lowest BCUT2D eigenvalue weighted by Crippen LogP contribution is -2.34. The first-order valence-corrected chi connectivity index (χ1v) is 10.6. The zero-order chi connectivity index (χ0) is 22.4. The average Bonchev–Trinajstić information content (AvgIpc) is 3.21. The van der Waals surface area contributed by atoms with Gasteiger partial charge in [-0.3, -0.25) is 4.79 Å². The Kier molecular flexibility index (Phi) is 7.96. The number of nitrogens with one attached hydrogen (secondary N) is 1. The average molecular weight is 462 g/mol. The number of hydrogen-bond donors (Lipinski definition) is 1. The molecule has 0 aliphatic heterocycles. The van der Waals surface area contributed by atoms with E-state index in [1.165, 1.54) is 0 Å². The van der Waals surface area contributed by atoms with E-state index >= 15 is 0 Å². The number of amides is 1. The fourth-order valence-electron chi connectivity index (χ4n) is 3.21. The summed E-state index contributed by atoms with van der Waals surface area (Å²) in [5, 5.41) is 4.03. The number of benzene rings is 2. The highest BCUT2D eigenvalue weighted by atomic mass is 35.5. The molecule has 2 aromatic carbocycles. The van der Waals surface area contributed by atoms with Crippen molar-refractivity contribution in [3.63, 3.8) is 0 Å². The summed E-state index contributed by atoms with van der Waals surface area (Å²) in [7, 11) is 5.60. The Labute approximate surface area is 192 Å². The molecule has 0 bridgehead atoms. The van der Waals surface area contributed by atoms with E-state index in [-0.39, 0.29) is 18.4 Å². The van der Waals surface area contributed by atoms with Gasteiger partial charge in [-0.15, -0.1) is 0 Å². The van der Waals surface area contributed by atoms with E-state index in [2.05, 4.69) is 15.2 Å². The van der Waals surface area contributed by atoms with Gasteiger partial charge in [0.1, 0.15) is 5.75 Å². The molecular formula is C23H25Cl2N3O3. The molecule has 0 fully saturated rings. The molecule has 164 valence electrons. The summed E-state index contributed by atoms with van der Waals surface area (Å²) in [6, 6.07) is 13.0. The predicted molar refractivity (Wildman–Crippen MR) is 123 cm³/mol. The maximum Gasteiger partial charge on any atom is 0.220 e. The highest BCUT2D eigenvalue weighted by molar-refractivity contribution is 6.36. The van der Waals surface area contributed by atoms with Gasteiger partial charge in [0.15, 0.2) is 11.7 Å². The molecule has 31 heavy (non-hydrogen) atoms. The van der Waals surface area contributed by atoms with Crippen LogP contribution < -0.4 is 10.1 Å². The van der Waals surface area contributed by atoms with Gasteiger partial charge in [0.05, 0.1) is 24.4 Å². The third kappa shape index (κ3) is 6.23. The Hall–Kier alpha value is -2.54. The summed E-state index contributed by atoms with van der Waals surface area (Å²) in [6.07, 6.45) is 2.27. The van der Waals surface area contributed by atoms with Gasteiger partial charge in [-0.25, -0.2) is 4.98 Å². The van der Waals surface area contributed by atoms with Crippen LogP contribution in [0.3, 0.4) is 0 Å². The molecule has 1 N–H and O–H groups in total. The maximum atomic E-state index is 12.4. The number of ether oxygens (including phenoxy) is 1. The molecule has 3 aromatic rings. The van der Waals surface area contributed by atoms with E-state index < -0.39 is 0 Å². The number of aromatic nitrogens is 1. The van der Waals surface area contributed by atoms with E-state index in [1.54, 1.807) is 31.5 Å². The number of methoxy groups -OCH3 is 1. The first-order valence-electron chi connectivity index (χ1n) is 9.84. The van der Waals surface area contributed by atoms with Crippen molar-refractivity contribution in [3.05, 3.63) is 70.2 Å². The first kappa shape index (κ1) is 23.1. The van der Waals surface area contributed by atoms with E-state index in [9.17, 15) is 4.79 Å². The number of oxazole rings is 1. The summed E-state index contributed by atoms with van der Waals surface area (Å²) in [5.41, 5.74) is 1.78. The summed E-state index contributed by atoms with van der Waals surface area (Å²) >= 11 is 12.2. The van der Waals surface area contributed by atoms with Crippen LogP contribution in [0.1, 0.15) is 23.9 Å². The normalized spacial score (nSPS) is 12.1. The number of rotatable bonds is 9. The van der Waals surface area contributed by atoms with Crippen LogP contribution in [0.15, 0.2) is 53.1 Å². The van der Waals surface area contributed by atoms with Crippen molar-refractivity contribution < 1.29 is 13.9 Å². The van der Waals surface area contributed by atoms with Crippen LogP contribution >= 0.6 is 23.2 Å². The Morgan fingerprint density at radius 2 is 2.03 bits per heavy atom. The van der Waals surface area contributed by atoms with Crippen molar-refractivity contribution in [2.45, 2.75) is 18.9 Å². The molecule has 1 heterocycles. The molecule has 8 heteroatoms. The Balaban J connectivity index is 1.55. The van der Waals surface area contributed by atoms with Gasteiger partial charge < -0.3 is 19.4 Å². The number of halogens is 2. The van der Waals surface area contributed by atoms with E-state index in [1.807, 2.05) is 38.4 Å². The summed E-state index contributed by atoms with van der Waals surface area (Å²) in [4.78, 5) is 18.7. The smallest absolute Gasteiger partial charge is 0.220 e. The molecular weight excluding hydrogens is 437 g/mol. The van der Waals surface area contributed by atoms with Crippen molar-refractivity contribution in [2.75, 3.05) is 27.7 Å². The van der Waals surface area contributed by atoms with Crippen LogP contribution in [0.25, 0.3) is 11.3 Å². The second kappa shape index (κ2) is 10.7. The second-order valence-corrected chi connectivity index (χ2v) is 8.15. The summed E-state index contributed by atoms with van der Waals surface area (Å²) < 4.78 is 11.1. The standard InChI is InChI=1S/C23H25Cl2N3O3/c1-28(2)20(15-5-4-6-17(11-15)30-3)13-26-22(29)9-10-23-27-14-21(31-23)18-8-7-16(24)12-19(18)25/h4-8,11-12,14,20H,9-10,13H2,1-3H3,(H,26,29). The van der Waals surface area contributed by atoms with Crippen molar-refractivity contribution in [3.8, 4) is 17.1 Å². The zero-order valence-corrected chi connectivity index (χ0v) is 19.2. The summed E-state index contributed by atoms with van der Waals surface area (Å²) in [5.74, 6) is 1.74. The van der Waals surface area contributed by atoms with Crippen LogP contribution in [-0.2, 0) is 11.2 Å². The van der Waals surface area contributed by atoms with Gasteiger partial charge in [-0.1, -0.05) is 35.3 Å². The van der Waals surface area contributed by atoms with Gasteiger partial charge in [-0.05, 0) is 50.0 Å². The third-order valence-electron chi connectivity index (χ3n) is 4.91. The topological polar surface area (TPSA) is 67.6 Å². The van der Waals surface area contributed by atoms with Crippen LogP contribution in [0.5, 0.6) is 5.75 Å². The van der Waals surface area contributed by atoms with Gasteiger partial charge in [0, 0.05) is 30.0 Å². The minimum atomic E-state index is -0.0704. The van der Waals surface area contributed by atoms with Crippen LogP contribution in [0.2, 0.25) is 10.0 Å². The highest BCUT2D eigenvalue weighted by Gasteiger charge is 2.17. The zero-order valence-electron chi connectivity index (χ0n) is 17.7. The Morgan fingerprint density at radius 1 is 1.23 bits per heavy atom. The van der Waals surface area contributed by atoms with Crippen LogP contribution in [0.4, 0.5) is 0 Å². The van der Waals surface area contributed by atoms with Crippen LogP contribution in [-0.4, -0.2) is 43.5 Å². The van der Waals surface area contributed by atoms with Crippen molar-refractivity contribution in [1.29, 1.82) is 0 Å². The molecule has 1 aromatic heterocycles. The second-order valence-electron chi connectivity index (χ2n) is 7.30. The van der Waals surface area contributed by atoms with E-state index in [0.29, 0.717) is 40.2 Å². The predicted octanol–water partition coefficient (Wildman–Crippen LogP) is 5.01. The van der Waals surface area contributed by atoms with Crippen molar-refractivity contribution in [1.82, 2.24) is 15.2 Å². The molecule has 1 unspecified atom stereocenters. The number of nitrogens with zero attached hydrogens (tertiary/aromatic N) is 2. The number of likely N-dealkylation sites (N-methyl/N-ethyl adjacent to an activating group) is 1. The fourth-order valence-corrected chi connectivity index (χ4v) is 3.71. The SMILES string of the molecule is COc1cccc(C(CNC(=O)CCc2ncc(-c3ccc(Cl)cc3Cl)o2)N(C)C)c1. The van der Waals surface area contributed by atoms with Gasteiger partial charge in [-0.2, -0.15) is 0 Å². The van der Waals surface area contributed by atoms with E-state index in [4.69, 9.17) is 32.4 Å². The maximum absolute atomic E-state index is 12.4. The molecule has 0 spiro atoms. The minimum Gasteiger partial charge on any atom is -0.497 e. The molecule has 1 amide bonds. The van der Waals surface area contributed by atoms with Crippen molar-refractivity contribution in [2.24, 2.45) is 0 Å².